The SMILES string of the molecule is CCOC(=O)/C(Br)=C/C=O. The predicted molar refractivity (Wildman–Crippen MR) is 39.7 cm³/mol. The fraction of sp³-hybridized carbons (Fsp3) is 0.333. The Morgan fingerprint density at radius 3 is 2.70 bits per heavy atom. The summed E-state index contributed by atoms with van der Waals surface area (Å²) in [7, 11) is 0. The number of rotatable bonds is 3. The van der Waals surface area contributed by atoms with Gasteiger partial charge in [0.25, 0.3) is 0 Å². The van der Waals surface area contributed by atoms with E-state index in [1.165, 1.54) is 0 Å². The van der Waals surface area contributed by atoms with Gasteiger partial charge in [-0.2, -0.15) is 0 Å². The van der Waals surface area contributed by atoms with Gasteiger partial charge in [-0.1, -0.05) is 0 Å². The van der Waals surface area contributed by atoms with Crippen molar-refractivity contribution in [3.05, 3.63) is 10.6 Å². The molecule has 10 heavy (non-hydrogen) atoms. The zero-order valence-corrected chi connectivity index (χ0v) is 7.05. The lowest BCUT2D eigenvalue weighted by molar-refractivity contribution is -0.137. The van der Waals surface area contributed by atoms with Crippen LogP contribution in [0.2, 0.25) is 0 Å². The second-order valence-corrected chi connectivity index (χ2v) is 2.23. The second-order valence-electron chi connectivity index (χ2n) is 1.37. The fourth-order valence-electron chi connectivity index (χ4n) is 0.328. The van der Waals surface area contributed by atoms with Crippen LogP contribution in [-0.4, -0.2) is 18.9 Å². The first kappa shape index (κ1) is 9.36. The van der Waals surface area contributed by atoms with Crippen LogP contribution in [0, 0.1) is 0 Å². The average molecular weight is 207 g/mol. The summed E-state index contributed by atoms with van der Waals surface area (Å²) in [5.74, 6) is -0.519. The molecule has 0 spiro atoms. The summed E-state index contributed by atoms with van der Waals surface area (Å²) in [4.78, 5) is 20.4. The van der Waals surface area contributed by atoms with E-state index in [-0.39, 0.29) is 4.48 Å². The maximum atomic E-state index is 10.6. The summed E-state index contributed by atoms with van der Waals surface area (Å²) in [6.45, 7) is 2.00. The van der Waals surface area contributed by atoms with Gasteiger partial charge in [0, 0.05) is 0 Å². The van der Waals surface area contributed by atoms with E-state index < -0.39 is 5.97 Å². The van der Waals surface area contributed by atoms with Crippen LogP contribution in [0.3, 0.4) is 0 Å². The highest BCUT2D eigenvalue weighted by Gasteiger charge is 2.04. The number of esters is 1. The van der Waals surface area contributed by atoms with Gasteiger partial charge in [0.1, 0.15) is 10.8 Å². The Balaban J connectivity index is 3.93. The Hall–Kier alpha value is -0.640. The minimum absolute atomic E-state index is 0.143. The summed E-state index contributed by atoms with van der Waals surface area (Å²) in [5, 5.41) is 0. The lowest BCUT2D eigenvalue weighted by atomic mass is 10.5. The molecular formula is C6H7BrO3. The second kappa shape index (κ2) is 5.17. The van der Waals surface area contributed by atoms with E-state index in [2.05, 4.69) is 20.7 Å². The number of allylic oxidation sites excluding steroid dienone is 1. The largest absolute Gasteiger partial charge is 0.462 e. The third-order valence-corrected chi connectivity index (χ3v) is 1.27. The molecule has 0 aliphatic heterocycles. The van der Waals surface area contributed by atoms with Crippen LogP contribution in [-0.2, 0) is 14.3 Å². The van der Waals surface area contributed by atoms with E-state index in [1.807, 2.05) is 0 Å². The molecule has 0 rings (SSSR count). The Kier molecular flexibility index (Phi) is 4.84. The van der Waals surface area contributed by atoms with Crippen LogP contribution >= 0.6 is 15.9 Å². The Morgan fingerprint density at radius 2 is 2.30 bits per heavy atom. The molecule has 56 valence electrons. The maximum Gasteiger partial charge on any atom is 0.345 e. The van der Waals surface area contributed by atoms with E-state index in [4.69, 9.17) is 0 Å². The summed E-state index contributed by atoms with van der Waals surface area (Å²) in [6.07, 6.45) is 1.61. The standard InChI is InChI=1S/C6H7BrO3/c1-2-10-6(9)5(7)3-4-8/h3-4H,2H2,1H3/b5-3-. The monoisotopic (exact) mass is 206 g/mol. The summed E-state index contributed by atoms with van der Waals surface area (Å²) in [6, 6.07) is 0. The Bertz CT molecular complexity index is 162. The van der Waals surface area contributed by atoms with Gasteiger partial charge in [-0.05, 0) is 28.9 Å². The van der Waals surface area contributed by atoms with Crippen molar-refractivity contribution in [2.24, 2.45) is 0 Å². The normalized spacial score (nSPS) is 10.8. The number of carbonyl (C=O) groups excluding carboxylic acids is 2. The minimum atomic E-state index is -0.519. The number of hydrogen-bond acceptors (Lipinski definition) is 3. The van der Waals surface area contributed by atoms with Gasteiger partial charge < -0.3 is 4.74 Å². The van der Waals surface area contributed by atoms with Crippen LogP contribution in [0.5, 0.6) is 0 Å². The quantitative estimate of drug-likeness (QED) is 0.394. The van der Waals surface area contributed by atoms with Crippen molar-refractivity contribution in [3.8, 4) is 0 Å². The molecule has 0 N–H and O–H groups in total. The van der Waals surface area contributed by atoms with Gasteiger partial charge in [0.2, 0.25) is 0 Å². The van der Waals surface area contributed by atoms with E-state index >= 15 is 0 Å². The van der Waals surface area contributed by atoms with Crippen LogP contribution in [0.25, 0.3) is 0 Å². The molecule has 0 atom stereocenters. The molecule has 0 amide bonds. The highest BCUT2D eigenvalue weighted by molar-refractivity contribution is 9.12. The highest BCUT2D eigenvalue weighted by Crippen LogP contribution is 2.05. The first-order valence-corrected chi connectivity index (χ1v) is 3.49. The average Bonchev–Trinajstić information content (AvgIpc) is 1.89. The van der Waals surface area contributed by atoms with Crippen molar-refractivity contribution in [1.29, 1.82) is 0 Å². The molecule has 4 heteroatoms. The van der Waals surface area contributed by atoms with E-state index in [1.54, 1.807) is 6.92 Å². The molecule has 0 unspecified atom stereocenters. The van der Waals surface area contributed by atoms with Crippen LogP contribution in [0.15, 0.2) is 10.6 Å². The molecular weight excluding hydrogens is 200 g/mol. The third-order valence-electron chi connectivity index (χ3n) is 0.685. The van der Waals surface area contributed by atoms with Gasteiger partial charge in [-0.25, -0.2) is 4.79 Å². The zero-order chi connectivity index (χ0) is 7.98. The topological polar surface area (TPSA) is 43.4 Å². The number of ether oxygens (including phenoxy) is 1. The molecule has 3 nitrogen and oxygen atoms in total. The molecule has 0 aliphatic carbocycles. The van der Waals surface area contributed by atoms with E-state index in [9.17, 15) is 9.59 Å². The predicted octanol–water partition coefficient (Wildman–Crippen LogP) is 1.03. The smallest absolute Gasteiger partial charge is 0.345 e. The summed E-state index contributed by atoms with van der Waals surface area (Å²) < 4.78 is 4.69. The minimum Gasteiger partial charge on any atom is -0.462 e. The van der Waals surface area contributed by atoms with Crippen molar-refractivity contribution in [2.45, 2.75) is 6.92 Å². The van der Waals surface area contributed by atoms with Gasteiger partial charge in [0.05, 0.1) is 6.61 Å². The summed E-state index contributed by atoms with van der Waals surface area (Å²) in [5.41, 5.74) is 0. The lowest BCUT2D eigenvalue weighted by Gasteiger charge is -1.96. The number of hydrogen-bond donors (Lipinski definition) is 0. The van der Waals surface area contributed by atoms with Crippen molar-refractivity contribution < 1.29 is 14.3 Å². The van der Waals surface area contributed by atoms with Gasteiger partial charge in [-0.15, -0.1) is 0 Å². The molecule has 0 aromatic carbocycles. The molecule has 0 bridgehead atoms. The fourth-order valence-corrected chi connectivity index (χ4v) is 0.550. The van der Waals surface area contributed by atoms with Crippen molar-refractivity contribution in [3.63, 3.8) is 0 Å². The Morgan fingerprint density at radius 1 is 1.70 bits per heavy atom. The van der Waals surface area contributed by atoms with E-state index in [0.717, 1.165) is 6.08 Å². The van der Waals surface area contributed by atoms with Crippen LogP contribution in [0.4, 0.5) is 0 Å². The molecule has 0 aliphatic rings. The molecule has 0 fully saturated rings. The first-order chi connectivity index (χ1) is 4.72. The van der Waals surface area contributed by atoms with Gasteiger partial charge >= 0.3 is 5.97 Å². The molecule has 0 saturated heterocycles. The van der Waals surface area contributed by atoms with Crippen molar-refractivity contribution in [1.82, 2.24) is 0 Å². The molecule has 0 aromatic rings. The Labute approximate surface area is 67.2 Å². The zero-order valence-electron chi connectivity index (χ0n) is 5.46. The third kappa shape index (κ3) is 3.40. The lowest BCUT2D eigenvalue weighted by Crippen LogP contribution is -2.03. The van der Waals surface area contributed by atoms with Crippen LogP contribution in [0.1, 0.15) is 6.92 Å². The molecule has 0 aromatic heterocycles. The number of carbonyl (C=O) groups is 2. The molecule has 0 saturated carbocycles. The number of halogens is 1. The van der Waals surface area contributed by atoms with Crippen molar-refractivity contribution >= 4 is 28.2 Å². The highest BCUT2D eigenvalue weighted by atomic mass is 79.9. The summed E-state index contributed by atoms with van der Waals surface area (Å²) >= 11 is 2.86. The van der Waals surface area contributed by atoms with Gasteiger partial charge in [-0.3, -0.25) is 4.79 Å². The van der Waals surface area contributed by atoms with E-state index in [0.29, 0.717) is 12.9 Å². The van der Waals surface area contributed by atoms with Crippen LogP contribution < -0.4 is 0 Å². The van der Waals surface area contributed by atoms with Crippen molar-refractivity contribution in [2.75, 3.05) is 6.61 Å². The maximum absolute atomic E-state index is 10.6. The van der Waals surface area contributed by atoms with Gasteiger partial charge in [0.15, 0.2) is 0 Å². The molecule has 0 heterocycles. The first-order valence-electron chi connectivity index (χ1n) is 2.70. The number of aldehydes is 1. The molecule has 0 radical (unpaired) electrons.